The summed E-state index contributed by atoms with van der Waals surface area (Å²) in [4.78, 5) is 50.7. The first-order valence-electron chi connectivity index (χ1n) is 29.0. The van der Waals surface area contributed by atoms with Crippen LogP contribution in [-0.4, -0.2) is 93.5 Å². The first-order chi connectivity index (χ1) is 37.1. The molecular formula is C62H103F3O15P2S. The molecule has 478 valence electrons. The maximum absolute atomic E-state index is 13.5. The highest BCUT2D eigenvalue weighted by Gasteiger charge is 2.70. The molecule has 0 aromatic heterocycles. The molecular weight excluding hydrogens is 1140 g/mol. The van der Waals surface area contributed by atoms with Crippen LogP contribution in [0.3, 0.4) is 0 Å². The van der Waals surface area contributed by atoms with Crippen LogP contribution >= 0.6 is 15.2 Å². The lowest BCUT2D eigenvalue weighted by molar-refractivity contribution is -0.163. The highest BCUT2D eigenvalue weighted by molar-refractivity contribution is 7.87. The van der Waals surface area contributed by atoms with Gasteiger partial charge in [-0.3, -0.25) is 32.5 Å². The molecule has 0 radical (unpaired) electrons. The Morgan fingerprint density at radius 1 is 0.639 bits per heavy atom. The van der Waals surface area contributed by atoms with Crippen LogP contribution in [0.15, 0.2) is 47.6 Å². The summed E-state index contributed by atoms with van der Waals surface area (Å²) in [6.45, 7) is 28.6. The predicted octanol–water partition coefficient (Wildman–Crippen LogP) is 15.2. The van der Waals surface area contributed by atoms with Crippen LogP contribution in [0.2, 0.25) is 0 Å². The summed E-state index contributed by atoms with van der Waals surface area (Å²) in [6, 6.07) is 0. The fraction of sp³-hybridized carbons (Fsp3) is 0.806. The molecule has 0 amide bonds. The number of carbonyl (C=O) groups excluding carboxylic acids is 4. The Morgan fingerprint density at radius 2 is 1.01 bits per heavy atom. The van der Waals surface area contributed by atoms with Gasteiger partial charge in [-0.05, 0) is 150 Å². The van der Waals surface area contributed by atoms with Crippen LogP contribution in [0, 0.1) is 79.8 Å². The standard InChI is InChI=1S/C29H45O6P.C24H34O3.C6H12F3O6PS.3CH4/c1-8-25(31)29(7)19(4)15-23-22-12-11-20-16-21(30)13-14-27(20,5)26(22)24(17-28(23,29)6)33-18-36(32,34-9-2)35-10-3;1-6-20(27)24(5)14(2)11-18-17-8-7-15-12-16(25)9-10-22(15,3)21(17)19(26)13-23(18,24)4;1-3-13-16(10,14-4-2)5-15-17(11,12)6(7,8)9;;;/h13-14,16,19,22-24,26H,8-12,15,17-18H2,1-7H3;9-10,12,14,17-19,21,26H,6-8,11,13H2,1-5H3;3-5H2,1-2H3;3*1H4/t19-,22+,23+,24+,26-,27+,28+,29-;14-,17+,18+,19+,21-,22+,23+,24-;;;;/m11..../s1. The molecule has 1 N–H and O–H groups in total. The number of halogens is 3. The zero-order chi connectivity index (χ0) is 60.0. The van der Waals surface area contributed by atoms with Gasteiger partial charge in [-0.1, -0.05) is 115 Å². The molecule has 8 rings (SSSR count). The Hall–Kier alpha value is -2.44. The molecule has 0 aromatic rings. The number of hydrogen-bond acceptors (Lipinski definition) is 15. The van der Waals surface area contributed by atoms with Crippen molar-refractivity contribution in [3.05, 3.63) is 47.6 Å². The summed E-state index contributed by atoms with van der Waals surface area (Å²) in [7, 11) is -13.2. The van der Waals surface area contributed by atoms with E-state index >= 15 is 0 Å². The van der Waals surface area contributed by atoms with Gasteiger partial charge in [-0.2, -0.15) is 21.6 Å². The lowest BCUT2D eigenvalue weighted by Crippen LogP contribution is -2.59. The summed E-state index contributed by atoms with van der Waals surface area (Å²) < 4.78 is 112. The maximum Gasteiger partial charge on any atom is 0.523 e. The van der Waals surface area contributed by atoms with Crippen LogP contribution in [0.5, 0.6) is 0 Å². The molecule has 0 heterocycles. The van der Waals surface area contributed by atoms with Crippen molar-refractivity contribution in [3.63, 3.8) is 0 Å². The van der Waals surface area contributed by atoms with Gasteiger partial charge < -0.3 is 27.9 Å². The van der Waals surface area contributed by atoms with Gasteiger partial charge in [0.25, 0.3) is 0 Å². The molecule has 0 spiro atoms. The Kier molecular flexibility index (Phi) is 24.8. The zero-order valence-corrected chi connectivity index (χ0v) is 52.3. The number of alkyl halides is 3. The Labute approximate surface area is 496 Å². The summed E-state index contributed by atoms with van der Waals surface area (Å²) in [5.74, 6) is 3.33. The van der Waals surface area contributed by atoms with E-state index in [1.54, 1.807) is 32.1 Å². The second-order valence-corrected chi connectivity index (χ2v) is 30.6. The van der Waals surface area contributed by atoms with Crippen molar-refractivity contribution in [1.82, 2.24) is 0 Å². The summed E-state index contributed by atoms with van der Waals surface area (Å²) in [5, 5.41) is 11.4. The van der Waals surface area contributed by atoms with Crippen molar-refractivity contribution in [3.8, 4) is 0 Å². The van der Waals surface area contributed by atoms with E-state index in [4.69, 9.17) is 13.8 Å². The average Bonchev–Trinajstić information content (AvgIpc) is 1.70. The largest absolute Gasteiger partial charge is 0.523 e. The van der Waals surface area contributed by atoms with Crippen LogP contribution in [0.1, 0.15) is 183 Å². The van der Waals surface area contributed by atoms with Crippen LogP contribution < -0.4 is 0 Å². The number of Topliss-reactive ketones (excluding diaryl/α,β-unsaturated/α-hetero) is 2. The number of hydrogen-bond donors (Lipinski definition) is 1. The molecule has 0 unspecified atom stereocenters. The smallest absolute Gasteiger partial charge is 0.393 e. The summed E-state index contributed by atoms with van der Waals surface area (Å²) in [6.07, 6.45) is 17.5. The number of ether oxygens (including phenoxy) is 1. The van der Waals surface area contributed by atoms with E-state index in [0.29, 0.717) is 66.8 Å². The van der Waals surface area contributed by atoms with Crippen molar-refractivity contribution in [2.24, 2.45) is 79.8 Å². The molecule has 0 aliphatic heterocycles. The van der Waals surface area contributed by atoms with Gasteiger partial charge in [0, 0.05) is 46.3 Å². The molecule has 0 saturated heterocycles. The first-order valence-corrected chi connectivity index (χ1v) is 33.9. The number of allylic oxidation sites excluding steroid dienone is 8. The van der Waals surface area contributed by atoms with E-state index in [2.05, 4.69) is 80.8 Å². The number of carbonyl (C=O) groups is 4. The van der Waals surface area contributed by atoms with E-state index in [1.807, 2.05) is 19.9 Å². The van der Waals surface area contributed by atoms with Crippen molar-refractivity contribution in [1.29, 1.82) is 0 Å². The Balaban J connectivity index is 0.000000342. The SMILES string of the molecule is C.C.C.CCC(=O)[C@@]1(C)[C@H](C)C[C@H]2[C@@H]3CCC4=CC(=O)C=C[C@]4(C)[C@H]3[C@@H](O)C[C@@]21C.CCOP(=O)(COS(=O)(=O)C(F)(F)F)OCC.CCOP(=O)(CO[C@H]1C[C@@]2(C)[C@@H](C[C@@H](C)[C@]2(C)C(=O)CC)[C@@H]2CCC3=CC(=O)C=C[C@]3(C)[C@H]21)OCC. The number of aliphatic hydroxyl groups excluding tert-OH is 1. The highest BCUT2D eigenvalue weighted by atomic mass is 32.2. The van der Waals surface area contributed by atoms with Gasteiger partial charge in [0.1, 0.15) is 17.9 Å². The first kappa shape index (κ1) is 74.8. The third-order valence-electron chi connectivity index (χ3n) is 21.5. The minimum Gasteiger partial charge on any atom is -0.393 e. The number of rotatable bonds is 18. The average molecular weight is 1240 g/mol. The van der Waals surface area contributed by atoms with Gasteiger partial charge in [0.15, 0.2) is 17.9 Å². The lowest BCUT2D eigenvalue weighted by atomic mass is 9.44. The summed E-state index contributed by atoms with van der Waals surface area (Å²) in [5.41, 5.74) is -4.90. The normalized spacial score (nSPS) is 37.7. The maximum atomic E-state index is 13.5. The molecule has 83 heavy (non-hydrogen) atoms. The fourth-order valence-electron chi connectivity index (χ4n) is 17.2. The minimum absolute atomic E-state index is 0. The van der Waals surface area contributed by atoms with Crippen LogP contribution in [0.4, 0.5) is 13.2 Å². The van der Waals surface area contributed by atoms with E-state index in [9.17, 15) is 55.0 Å². The van der Waals surface area contributed by atoms with Crippen molar-refractivity contribution in [2.45, 2.75) is 201 Å². The van der Waals surface area contributed by atoms with Gasteiger partial charge in [-0.25, -0.2) is 0 Å². The van der Waals surface area contributed by atoms with Crippen molar-refractivity contribution >= 4 is 48.4 Å². The minimum atomic E-state index is -5.80. The number of ketones is 4. The number of fused-ring (bicyclic) bond motifs is 10. The van der Waals surface area contributed by atoms with Gasteiger partial charge in [0.05, 0.1) is 38.6 Å². The van der Waals surface area contributed by atoms with Crippen LogP contribution in [-0.2, 0) is 65.4 Å². The fourth-order valence-corrected chi connectivity index (χ4v) is 20.8. The third kappa shape index (κ3) is 13.3. The molecule has 16 atom stereocenters. The summed E-state index contributed by atoms with van der Waals surface area (Å²) >= 11 is 0. The van der Waals surface area contributed by atoms with Gasteiger partial charge in [-0.15, -0.1) is 0 Å². The van der Waals surface area contributed by atoms with E-state index in [1.165, 1.54) is 25.0 Å². The monoisotopic (exact) mass is 1240 g/mol. The second kappa shape index (κ2) is 27.5. The Bertz CT molecular complexity index is 2670. The lowest BCUT2D eigenvalue weighted by Gasteiger charge is -2.61. The molecule has 8 aliphatic carbocycles. The molecule has 0 bridgehead atoms. The molecule has 0 aromatic carbocycles. The quantitative estimate of drug-likeness (QED) is 0.0768. The highest BCUT2D eigenvalue weighted by Crippen LogP contribution is 2.73. The third-order valence-corrected chi connectivity index (χ3v) is 26.2. The second-order valence-electron chi connectivity index (χ2n) is 25.0. The topological polar surface area (TPSA) is 212 Å². The molecule has 6 fully saturated rings. The molecule has 8 aliphatic rings. The molecule has 15 nitrogen and oxygen atoms in total. The predicted molar refractivity (Wildman–Crippen MR) is 318 cm³/mol. The number of aliphatic hydroxyl groups is 1. The van der Waals surface area contributed by atoms with Gasteiger partial charge >= 0.3 is 30.8 Å². The van der Waals surface area contributed by atoms with Gasteiger partial charge in [0.2, 0.25) is 0 Å². The van der Waals surface area contributed by atoms with Crippen molar-refractivity contribution < 1.29 is 82.0 Å². The molecule has 21 heteroatoms. The zero-order valence-electron chi connectivity index (χ0n) is 49.7. The van der Waals surface area contributed by atoms with E-state index in [0.717, 1.165) is 38.5 Å². The van der Waals surface area contributed by atoms with Crippen molar-refractivity contribution in [2.75, 3.05) is 39.1 Å². The van der Waals surface area contributed by atoms with E-state index < -0.39 is 48.7 Å². The van der Waals surface area contributed by atoms with Crippen LogP contribution in [0.25, 0.3) is 0 Å². The Morgan fingerprint density at radius 3 is 1.40 bits per heavy atom. The van der Waals surface area contributed by atoms with E-state index in [-0.39, 0.29) is 118 Å². The molecule has 6 saturated carbocycles.